The number of hydrogen-bond acceptors (Lipinski definition) is 5. The molecule has 0 saturated carbocycles. The number of esters is 1. The van der Waals surface area contributed by atoms with Crippen LogP contribution < -0.4 is 10.1 Å². The number of nitrogens with one attached hydrogen (secondary N) is 1. The summed E-state index contributed by atoms with van der Waals surface area (Å²) in [7, 11) is 3.01. The number of carbonyl (C=O) groups is 1. The largest absolute Gasteiger partial charge is 0.497 e. The summed E-state index contributed by atoms with van der Waals surface area (Å²) >= 11 is 0. The van der Waals surface area contributed by atoms with Crippen LogP contribution in [0.2, 0.25) is 0 Å². The average Bonchev–Trinajstić information content (AvgIpc) is 2.50. The number of aliphatic hydroxyl groups is 1. The zero-order valence-electron chi connectivity index (χ0n) is 12.7. The van der Waals surface area contributed by atoms with Crippen LogP contribution >= 0.6 is 0 Å². The van der Waals surface area contributed by atoms with Gasteiger partial charge in [0.15, 0.2) is 0 Å². The molecule has 1 aromatic carbocycles. The number of hydrogen-bond donors (Lipinski definition) is 2. The maximum Gasteiger partial charge on any atom is 0.307 e. The lowest BCUT2D eigenvalue weighted by molar-refractivity contribution is -0.141. The maximum absolute atomic E-state index is 11.4. The minimum atomic E-state index is -0.437. The lowest BCUT2D eigenvalue weighted by Crippen LogP contribution is -2.48. The molecule has 5 nitrogen and oxygen atoms in total. The van der Waals surface area contributed by atoms with Crippen LogP contribution in [-0.4, -0.2) is 37.4 Å². The monoisotopic (exact) mass is 293 g/mol. The summed E-state index contributed by atoms with van der Waals surface area (Å²) in [6.07, 6.45) is 0.392. The van der Waals surface area contributed by atoms with Gasteiger partial charge in [0.1, 0.15) is 5.75 Å². The minimum Gasteiger partial charge on any atom is -0.497 e. The fourth-order valence-electron chi connectivity index (χ4n) is 2.84. The zero-order chi connectivity index (χ0) is 15.4. The standard InChI is InChI=1S/C16H23NO4/c1-10-14(18)8-12(9-15(19)21-3)17-16(10)11-4-6-13(20-2)7-5-11/h4-7,10,12,14,16-18H,8-9H2,1-3H3/t10-,12-,14+,16+/m1/s1. The fourth-order valence-corrected chi connectivity index (χ4v) is 2.84. The highest BCUT2D eigenvalue weighted by Crippen LogP contribution is 2.33. The van der Waals surface area contributed by atoms with Crippen LogP contribution in [0.25, 0.3) is 0 Å². The molecule has 0 aliphatic carbocycles. The summed E-state index contributed by atoms with van der Waals surface area (Å²) in [5, 5.41) is 13.7. The van der Waals surface area contributed by atoms with Crippen LogP contribution in [0.1, 0.15) is 31.4 Å². The van der Waals surface area contributed by atoms with E-state index in [9.17, 15) is 9.90 Å². The van der Waals surface area contributed by atoms with Gasteiger partial charge in [-0.1, -0.05) is 19.1 Å². The predicted molar refractivity (Wildman–Crippen MR) is 79.1 cm³/mol. The molecule has 2 rings (SSSR count). The first kappa shape index (κ1) is 15.8. The Balaban J connectivity index is 2.13. The third-order valence-corrected chi connectivity index (χ3v) is 4.19. The molecule has 4 atom stereocenters. The van der Waals surface area contributed by atoms with E-state index < -0.39 is 6.10 Å². The third-order valence-electron chi connectivity index (χ3n) is 4.19. The van der Waals surface area contributed by atoms with Crippen molar-refractivity contribution in [3.05, 3.63) is 29.8 Å². The molecule has 21 heavy (non-hydrogen) atoms. The fraction of sp³-hybridized carbons (Fsp3) is 0.562. The van der Waals surface area contributed by atoms with E-state index in [2.05, 4.69) is 5.32 Å². The Labute approximate surface area is 125 Å². The second kappa shape index (κ2) is 6.91. The molecule has 1 heterocycles. The second-order valence-electron chi connectivity index (χ2n) is 5.56. The van der Waals surface area contributed by atoms with Gasteiger partial charge < -0.3 is 19.9 Å². The van der Waals surface area contributed by atoms with E-state index in [0.717, 1.165) is 11.3 Å². The van der Waals surface area contributed by atoms with Gasteiger partial charge in [-0.25, -0.2) is 0 Å². The number of aliphatic hydroxyl groups excluding tert-OH is 1. The topological polar surface area (TPSA) is 67.8 Å². The van der Waals surface area contributed by atoms with Crippen molar-refractivity contribution in [2.75, 3.05) is 14.2 Å². The molecule has 0 amide bonds. The lowest BCUT2D eigenvalue weighted by Gasteiger charge is -2.39. The van der Waals surface area contributed by atoms with E-state index in [-0.39, 0.29) is 30.4 Å². The summed E-state index contributed by atoms with van der Waals surface area (Å²) in [5.41, 5.74) is 1.08. The van der Waals surface area contributed by atoms with Crippen LogP contribution in [0, 0.1) is 5.92 Å². The summed E-state index contributed by atoms with van der Waals surface area (Å²) in [5.74, 6) is 0.615. The van der Waals surface area contributed by atoms with Crippen LogP contribution in [0.4, 0.5) is 0 Å². The summed E-state index contributed by atoms with van der Waals surface area (Å²) in [6.45, 7) is 2.01. The van der Waals surface area contributed by atoms with Crippen LogP contribution in [0.5, 0.6) is 5.75 Å². The average molecular weight is 293 g/mol. The molecule has 1 aliphatic rings. The van der Waals surface area contributed by atoms with Gasteiger partial charge in [-0.2, -0.15) is 0 Å². The van der Waals surface area contributed by atoms with Gasteiger partial charge in [0.2, 0.25) is 0 Å². The highest BCUT2D eigenvalue weighted by atomic mass is 16.5. The van der Waals surface area contributed by atoms with E-state index in [4.69, 9.17) is 9.47 Å². The Kier molecular flexibility index (Phi) is 5.20. The molecule has 5 heteroatoms. The van der Waals surface area contributed by atoms with Gasteiger partial charge in [0.05, 0.1) is 26.7 Å². The molecule has 1 aliphatic heterocycles. The van der Waals surface area contributed by atoms with Gasteiger partial charge in [0, 0.05) is 18.0 Å². The van der Waals surface area contributed by atoms with E-state index in [1.807, 2.05) is 31.2 Å². The first-order chi connectivity index (χ1) is 10.0. The normalized spacial score (nSPS) is 29.0. The third kappa shape index (κ3) is 3.74. The van der Waals surface area contributed by atoms with E-state index in [0.29, 0.717) is 6.42 Å². The van der Waals surface area contributed by atoms with Gasteiger partial charge >= 0.3 is 5.97 Å². The van der Waals surface area contributed by atoms with Gasteiger partial charge in [-0.3, -0.25) is 4.79 Å². The van der Waals surface area contributed by atoms with Gasteiger partial charge in [-0.15, -0.1) is 0 Å². The van der Waals surface area contributed by atoms with Crippen molar-refractivity contribution >= 4 is 5.97 Å². The molecule has 0 aromatic heterocycles. The van der Waals surface area contributed by atoms with Crippen molar-refractivity contribution in [3.63, 3.8) is 0 Å². The Hall–Kier alpha value is -1.59. The van der Waals surface area contributed by atoms with Crippen molar-refractivity contribution < 1.29 is 19.4 Å². The zero-order valence-corrected chi connectivity index (χ0v) is 12.7. The first-order valence-corrected chi connectivity index (χ1v) is 7.20. The quantitative estimate of drug-likeness (QED) is 0.826. The van der Waals surface area contributed by atoms with Crippen LogP contribution in [0.3, 0.4) is 0 Å². The summed E-state index contributed by atoms with van der Waals surface area (Å²) in [4.78, 5) is 11.4. The highest BCUT2D eigenvalue weighted by molar-refractivity contribution is 5.69. The van der Waals surface area contributed by atoms with Crippen LogP contribution in [0.15, 0.2) is 24.3 Å². The second-order valence-corrected chi connectivity index (χ2v) is 5.56. The Bertz CT molecular complexity index is 474. The first-order valence-electron chi connectivity index (χ1n) is 7.20. The molecule has 1 aromatic rings. The Morgan fingerprint density at radius 2 is 2.00 bits per heavy atom. The highest BCUT2D eigenvalue weighted by Gasteiger charge is 2.35. The molecule has 0 bridgehead atoms. The Morgan fingerprint density at radius 1 is 1.33 bits per heavy atom. The molecule has 1 fully saturated rings. The molecule has 0 spiro atoms. The van der Waals surface area contributed by atoms with E-state index >= 15 is 0 Å². The number of piperidine rings is 1. The van der Waals surface area contributed by atoms with Crippen LogP contribution in [-0.2, 0) is 9.53 Å². The summed E-state index contributed by atoms with van der Waals surface area (Å²) < 4.78 is 9.87. The van der Waals surface area contributed by atoms with Gasteiger partial charge in [-0.05, 0) is 24.1 Å². The van der Waals surface area contributed by atoms with Crippen molar-refractivity contribution in [1.82, 2.24) is 5.32 Å². The molecule has 0 unspecified atom stereocenters. The predicted octanol–water partition coefficient (Wildman–Crippen LogP) is 1.66. The number of carbonyl (C=O) groups excluding carboxylic acids is 1. The van der Waals surface area contributed by atoms with E-state index in [1.165, 1.54) is 7.11 Å². The molecule has 1 saturated heterocycles. The lowest BCUT2D eigenvalue weighted by atomic mass is 9.82. The molecule has 0 radical (unpaired) electrons. The smallest absolute Gasteiger partial charge is 0.307 e. The van der Waals surface area contributed by atoms with Gasteiger partial charge in [0.25, 0.3) is 0 Å². The number of ether oxygens (including phenoxy) is 2. The molecule has 2 N–H and O–H groups in total. The van der Waals surface area contributed by atoms with Crippen molar-refractivity contribution in [3.8, 4) is 5.75 Å². The maximum atomic E-state index is 11.4. The molecule has 116 valence electrons. The number of methoxy groups -OCH3 is 2. The molecular weight excluding hydrogens is 270 g/mol. The molecular formula is C16H23NO4. The SMILES string of the molecule is COC(=O)C[C@H]1C[C@H](O)[C@@H](C)[C@@H](c2ccc(OC)cc2)N1. The summed E-state index contributed by atoms with van der Waals surface area (Å²) in [6, 6.07) is 7.71. The van der Waals surface area contributed by atoms with Crippen molar-refractivity contribution in [2.45, 2.75) is 38.0 Å². The minimum absolute atomic E-state index is 0.00862. The number of benzene rings is 1. The Morgan fingerprint density at radius 3 is 2.57 bits per heavy atom. The van der Waals surface area contributed by atoms with Crippen molar-refractivity contribution in [2.24, 2.45) is 5.92 Å². The van der Waals surface area contributed by atoms with Crippen molar-refractivity contribution in [1.29, 1.82) is 0 Å². The number of rotatable bonds is 4. The van der Waals surface area contributed by atoms with E-state index in [1.54, 1.807) is 7.11 Å².